The van der Waals surface area contributed by atoms with Crippen molar-refractivity contribution in [1.82, 2.24) is 5.32 Å². The maximum atomic E-state index is 8.88. The van der Waals surface area contributed by atoms with Gasteiger partial charge >= 0.3 is 0 Å². The number of oxime groups is 1. The Labute approximate surface area is 102 Å². The molecular weight excluding hydrogens is 214 g/mol. The minimum atomic E-state index is -0.222. The van der Waals surface area contributed by atoms with E-state index in [1.807, 2.05) is 32.0 Å². The Morgan fingerprint density at radius 3 is 2.76 bits per heavy atom. The summed E-state index contributed by atoms with van der Waals surface area (Å²) in [5.41, 5.74) is 3.88. The molecule has 0 saturated heterocycles. The number of hydrogen-bond donors (Lipinski definition) is 2. The van der Waals surface area contributed by atoms with Crippen molar-refractivity contribution in [2.24, 2.45) is 5.16 Å². The fraction of sp³-hybridized carbons (Fsp3) is 0.385. The highest BCUT2D eigenvalue weighted by Gasteiger charge is 2.16. The summed E-state index contributed by atoms with van der Waals surface area (Å²) in [6.07, 6.45) is 0. The van der Waals surface area contributed by atoms with E-state index >= 15 is 0 Å². The molecule has 2 N–H and O–H groups in total. The molecule has 17 heavy (non-hydrogen) atoms. The van der Waals surface area contributed by atoms with Crippen LogP contribution in [0.3, 0.4) is 0 Å². The summed E-state index contributed by atoms with van der Waals surface area (Å²) in [6.45, 7) is 5.98. The van der Waals surface area contributed by atoms with Crippen molar-refractivity contribution in [3.63, 3.8) is 0 Å². The number of hydrogen-bond acceptors (Lipinski definition) is 4. The zero-order valence-electron chi connectivity index (χ0n) is 10.4. The highest BCUT2D eigenvalue weighted by Crippen LogP contribution is 2.20. The third-order valence-electron chi connectivity index (χ3n) is 2.70. The summed E-state index contributed by atoms with van der Waals surface area (Å²) in [6, 6.07) is 7.88. The van der Waals surface area contributed by atoms with Crippen LogP contribution in [-0.4, -0.2) is 17.5 Å². The van der Waals surface area contributed by atoms with Crippen LogP contribution in [0.1, 0.15) is 29.7 Å². The quantitative estimate of drug-likeness (QED) is 0.361. The summed E-state index contributed by atoms with van der Waals surface area (Å²) in [5, 5.41) is 23.8. The summed E-state index contributed by atoms with van der Waals surface area (Å²) in [5.74, 6) is 0. The van der Waals surface area contributed by atoms with Crippen molar-refractivity contribution in [1.29, 1.82) is 5.26 Å². The average Bonchev–Trinajstić information content (AvgIpc) is 2.31. The summed E-state index contributed by atoms with van der Waals surface area (Å²) in [7, 11) is 0. The lowest BCUT2D eigenvalue weighted by Crippen LogP contribution is -2.28. The van der Waals surface area contributed by atoms with Crippen LogP contribution in [0.5, 0.6) is 0 Å². The lowest BCUT2D eigenvalue weighted by Gasteiger charge is -2.19. The normalized spacial score (nSPS) is 13.2. The molecule has 1 aromatic carbocycles. The minimum Gasteiger partial charge on any atom is -0.411 e. The van der Waals surface area contributed by atoms with Crippen molar-refractivity contribution in [2.45, 2.75) is 26.8 Å². The fourth-order valence-corrected chi connectivity index (χ4v) is 1.84. The van der Waals surface area contributed by atoms with Gasteiger partial charge < -0.3 is 5.21 Å². The molecule has 0 spiro atoms. The standard InChI is InChI=1S/C13H17N3O/c1-9-4-5-12(10(2)8-9)13(11(3)16-17)15-7-6-14/h4-5,8,13,15,17H,7H2,1-3H3/b16-11+. The summed E-state index contributed by atoms with van der Waals surface area (Å²) in [4.78, 5) is 0. The molecule has 0 radical (unpaired) electrons. The van der Waals surface area contributed by atoms with Crippen molar-refractivity contribution in [3.05, 3.63) is 34.9 Å². The van der Waals surface area contributed by atoms with Gasteiger partial charge in [-0.15, -0.1) is 0 Å². The Morgan fingerprint density at radius 2 is 2.24 bits per heavy atom. The highest BCUT2D eigenvalue weighted by molar-refractivity contribution is 5.88. The molecule has 90 valence electrons. The predicted molar refractivity (Wildman–Crippen MR) is 67.2 cm³/mol. The number of nitrogens with one attached hydrogen (secondary N) is 1. The van der Waals surface area contributed by atoms with Crippen LogP contribution in [0.25, 0.3) is 0 Å². The first-order valence-corrected chi connectivity index (χ1v) is 5.46. The van der Waals surface area contributed by atoms with Crippen molar-refractivity contribution in [3.8, 4) is 6.07 Å². The van der Waals surface area contributed by atoms with Gasteiger partial charge in [0.25, 0.3) is 0 Å². The molecule has 4 nitrogen and oxygen atoms in total. The molecule has 1 unspecified atom stereocenters. The van der Waals surface area contributed by atoms with Gasteiger partial charge in [-0.3, -0.25) is 5.32 Å². The monoisotopic (exact) mass is 231 g/mol. The number of benzene rings is 1. The van der Waals surface area contributed by atoms with Gasteiger partial charge in [0, 0.05) is 0 Å². The van der Waals surface area contributed by atoms with E-state index in [0.717, 1.165) is 11.1 Å². The van der Waals surface area contributed by atoms with E-state index in [9.17, 15) is 0 Å². The second-order valence-corrected chi connectivity index (χ2v) is 4.07. The SMILES string of the molecule is C/C(=N\O)C(NCC#N)c1ccc(C)cc1C. The Morgan fingerprint density at radius 1 is 1.53 bits per heavy atom. The Bertz CT molecular complexity index is 460. The maximum absolute atomic E-state index is 8.88. The van der Waals surface area contributed by atoms with Gasteiger partial charge in [0.1, 0.15) is 0 Å². The van der Waals surface area contributed by atoms with Gasteiger partial charge in [-0.2, -0.15) is 5.26 Å². The van der Waals surface area contributed by atoms with Crippen LogP contribution in [0.4, 0.5) is 0 Å². The van der Waals surface area contributed by atoms with Gasteiger partial charge in [0.05, 0.1) is 24.4 Å². The van der Waals surface area contributed by atoms with Gasteiger partial charge in [-0.25, -0.2) is 0 Å². The molecule has 1 rings (SSSR count). The molecule has 4 heteroatoms. The predicted octanol–water partition coefficient (Wildman–Crippen LogP) is 2.31. The number of aryl methyl sites for hydroxylation is 2. The van der Waals surface area contributed by atoms with Crippen molar-refractivity contribution < 1.29 is 5.21 Å². The minimum absolute atomic E-state index is 0.213. The molecule has 0 aliphatic carbocycles. The topological polar surface area (TPSA) is 68.4 Å². The van der Waals surface area contributed by atoms with Crippen LogP contribution in [0, 0.1) is 25.2 Å². The number of nitriles is 1. The van der Waals surface area contributed by atoms with Gasteiger partial charge in [0.15, 0.2) is 0 Å². The van der Waals surface area contributed by atoms with Crippen LogP contribution in [0.2, 0.25) is 0 Å². The van der Waals surface area contributed by atoms with E-state index in [1.54, 1.807) is 6.92 Å². The van der Waals surface area contributed by atoms with Crippen LogP contribution >= 0.6 is 0 Å². The molecule has 0 aromatic heterocycles. The van der Waals surface area contributed by atoms with E-state index in [4.69, 9.17) is 10.5 Å². The fourth-order valence-electron chi connectivity index (χ4n) is 1.84. The zero-order valence-corrected chi connectivity index (χ0v) is 10.4. The Balaban J connectivity index is 3.09. The number of rotatable bonds is 4. The van der Waals surface area contributed by atoms with Crippen LogP contribution in [-0.2, 0) is 0 Å². The number of nitrogens with zero attached hydrogens (tertiary/aromatic N) is 2. The van der Waals surface area contributed by atoms with E-state index in [0.29, 0.717) is 5.71 Å². The molecule has 0 fully saturated rings. The molecule has 0 heterocycles. The highest BCUT2D eigenvalue weighted by atomic mass is 16.4. The van der Waals surface area contributed by atoms with E-state index < -0.39 is 0 Å². The molecule has 1 atom stereocenters. The molecule has 0 bridgehead atoms. The molecule has 0 aliphatic rings. The first-order chi connectivity index (χ1) is 8.10. The molecule has 0 amide bonds. The molecular formula is C13H17N3O. The Hall–Kier alpha value is -1.86. The van der Waals surface area contributed by atoms with Crippen molar-refractivity contribution >= 4 is 5.71 Å². The van der Waals surface area contributed by atoms with E-state index in [-0.39, 0.29) is 12.6 Å². The molecule has 1 aromatic rings. The van der Waals surface area contributed by atoms with Crippen molar-refractivity contribution in [2.75, 3.05) is 6.54 Å². The Kier molecular flexibility index (Phi) is 4.68. The second-order valence-electron chi connectivity index (χ2n) is 4.07. The molecule has 0 saturated carbocycles. The van der Waals surface area contributed by atoms with Crippen LogP contribution in [0.15, 0.2) is 23.4 Å². The summed E-state index contributed by atoms with van der Waals surface area (Å²) < 4.78 is 0. The lowest BCUT2D eigenvalue weighted by molar-refractivity contribution is 0.315. The second kappa shape index (κ2) is 6.02. The third kappa shape index (κ3) is 3.30. The summed E-state index contributed by atoms with van der Waals surface area (Å²) >= 11 is 0. The zero-order chi connectivity index (χ0) is 12.8. The lowest BCUT2D eigenvalue weighted by atomic mass is 9.96. The van der Waals surface area contributed by atoms with Gasteiger partial charge in [-0.1, -0.05) is 28.9 Å². The van der Waals surface area contributed by atoms with Gasteiger partial charge in [-0.05, 0) is 31.9 Å². The van der Waals surface area contributed by atoms with Crippen LogP contribution < -0.4 is 5.32 Å². The largest absolute Gasteiger partial charge is 0.411 e. The average molecular weight is 231 g/mol. The third-order valence-corrected chi connectivity index (χ3v) is 2.70. The first kappa shape index (κ1) is 13.2. The smallest absolute Gasteiger partial charge is 0.0848 e. The molecule has 0 aliphatic heterocycles. The van der Waals surface area contributed by atoms with Gasteiger partial charge in [0.2, 0.25) is 0 Å². The first-order valence-electron chi connectivity index (χ1n) is 5.46. The van der Waals surface area contributed by atoms with E-state index in [2.05, 4.69) is 16.5 Å². The maximum Gasteiger partial charge on any atom is 0.0848 e. The van der Waals surface area contributed by atoms with E-state index in [1.165, 1.54) is 5.56 Å².